The Morgan fingerprint density at radius 2 is 1.44 bits per heavy atom. The summed E-state index contributed by atoms with van der Waals surface area (Å²) >= 11 is 0. The molecule has 0 heterocycles. The largest absolute Gasteiger partial charge is 0.573 e. The zero-order chi connectivity index (χ0) is 24.3. The Morgan fingerprint density at radius 3 is 2.12 bits per heavy atom. The third-order valence-corrected chi connectivity index (χ3v) is 5.83. The average Bonchev–Trinajstić information content (AvgIpc) is 3.14. The van der Waals surface area contributed by atoms with Crippen molar-refractivity contribution in [1.82, 2.24) is 0 Å². The molecule has 1 nitrogen and oxygen atoms in total. The standard InChI is InChI=1S/C28H23F5O/c1-2-3-4-5-6-18-9-11-23-21(13-18)17-22-14-19(10-12-24(22)23)7-8-20-15-25(29)27(26(30)16-20)34-28(31,32)33/h9-16H,2-6,17H2,1H3. The maximum Gasteiger partial charge on any atom is 0.573 e. The number of rotatable bonds is 6. The highest BCUT2D eigenvalue weighted by Crippen LogP contribution is 2.37. The van der Waals surface area contributed by atoms with Gasteiger partial charge in [0.1, 0.15) is 0 Å². The fraction of sp³-hybridized carbons (Fsp3) is 0.286. The summed E-state index contributed by atoms with van der Waals surface area (Å²) in [6.45, 7) is 2.20. The molecule has 0 aliphatic heterocycles. The van der Waals surface area contributed by atoms with Crippen molar-refractivity contribution in [3.05, 3.63) is 88.0 Å². The van der Waals surface area contributed by atoms with Crippen molar-refractivity contribution in [3.63, 3.8) is 0 Å². The van der Waals surface area contributed by atoms with Gasteiger partial charge in [-0.25, -0.2) is 8.78 Å². The van der Waals surface area contributed by atoms with Crippen molar-refractivity contribution in [2.75, 3.05) is 0 Å². The van der Waals surface area contributed by atoms with Gasteiger partial charge in [-0.3, -0.25) is 0 Å². The molecular formula is C28H23F5O. The van der Waals surface area contributed by atoms with Crippen molar-refractivity contribution in [2.24, 2.45) is 0 Å². The molecule has 1 aliphatic carbocycles. The van der Waals surface area contributed by atoms with Crippen LogP contribution in [0.3, 0.4) is 0 Å². The second-order valence-corrected chi connectivity index (χ2v) is 8.42. The molecule has 0 fully saturated rings. The number of hydrogen-bond acceptors (Lipinski definition) is 1. The number of benzene rings is 3. The second kappa shape index (κ2) is 9.89. The van der Waals surface area contributed by atoms with Crippen LogP contribution in [0.15, 0.2) is 48.5 Å². The number of halogens is 5. The lowest BCUT2D eigenvalue weighted by atomic mass is 10.00. The normalized spacial score (nSPS) is 12.1. The molecular weight excluding hydrogens is 447 g/mol. The van der Waals surface area contributed by atoms with Crippen LogP contribution in [0.1, 0.15) is 60.4 Å². The Labute approximate surface area is 195 Å². The van der Waals surface area contributed by atoms with E-state index in [-0.39, 0.29) is 5.56 Å². The number of unbranched alkanes of at least 4 members (excludes halogenated alkanes) is 3. The van der Waals surface area contributed by atoms with E-state index in [4.69, 9.17) is 0 Å². The molecule has 6 heteroatoms. The fourth-order valence-electron chi connectivity index (χ4n) is 4.24. The van der Waals surface area contributed by atoms with Crippen molar-refractivity contribution >= 4 is 0 Å². The molecule has 3 aromatic carbocycles. The van der Waals surface area contributed by atoms with Crippen LogP contribution in [0.4, 0.5) is 22.0 Å². The van der Waals surface area contributed by atoms with E-state index in [0.717, 1.165) is 36.1 Å². The third kappa shape index (κ3) is 5.59. The summed E-state index contributed by atoms with van der Waals surface area (Å²) in [7, 11) is 0. The number of fused-ring (bicyclic) bond motifs is 3. The molecule has 0 aromatic heterocycles. The maximum absolute atomic E-state index is 13.9. The van der Waals surface area contributed by atoms with E-state index < -0.39 is 23.7 Å². The second-order valence-electron chi connectivity index (χ2n) is 8.42. The zero-order valence-corrected chi connectivity index (χ0v) is 18.7. The Hall–Kier alpha value is -3.33. The van der Waals surface area contributed by atoms with Gasteiger partial charge in [-0.2, -0.15) is 0 Å². The van der Waals surface area contributed by atoms with Crippen molar-refractivity contribution in [2.45, 2.75) is 51.8 Å². The van der Waals surface area contributed by atoms with Crippen LogP contribution < -0.4 is 4.74 Å². The smallest absolute Gasteiger partial charge is 0.399 e. The van der Waals surface area contributed by atoms with E-state index in [9.17, 15) is 22.0 Å². The van der Waals surface area contributed by atoms with Gasteiger partial charge in [-0.15, -0.1) is 13.2 Å². The molecule has 0 saturated carbocycles. The predicted octanol–water partition coefficient (Wildman–Crippen LogP) is 7.96. The van der Waals surface area contributed by atoms with Crippen molar-refractivity contribution in [3.8, 4) is 28.7 Å². The van der Waals surface area contributed by atoms with Crippen LogP contribution in [0, 0.1) is 23.5 Å². The lowest BCUT2D eigenvalue weighted by Crippen LogP contribution is -2.19. The van der Waals surface area contributed by atoms with Gasteiger partial charge in [0.05, 0.1) is 0 Å². The summed E-state index contributed by atoms with van der Waals surface area (Å²) < 4.78 is 68.1. The molecule has 0 radical (unpaired) electrons. The maximum atomic E-state index is 13.9. The summed E-state index contributed by atoms with van der Waals surface area (Å²) in [5.74, 6) is 1.05. The van der Waals surface area contributed by atoms with Crippen LogP contribution in [-0.4, -0.2) is 6.36 Å². The highest BCUT2D eigenvalue weighted by atomic mass is 19.4. The number of hydrogen-bond donors (Lipinski definition) is 0. The molecule has 3 aromatic rings. The van der Waals surface area contributed by atoms with E-state index in [1.165, 1.54) is 42.4 Å². The SMILES string of the molecule is CCCCCCc1ccc2c(c1)Cc1cc(C#Cc3cc(F)c(OC(F)(F)F)c(F)c3)ccc1-2. The first-order valence-corrected chi connectivity index (χ1v) is 11.3. The molecule has 0 bridgehead atoms. The first kappa shape index (κ1) is 23.8. The van der Waals surface area contributed by atoms with E-state index >= 15 is 0 Å². The molecule has 0 atom stereocenters. The summed E-state index contributed by atoms with van der Waals surface area (Å²) in [4.78, 5) is 0. The third-order valence-electron chi connectivity index (χ3n) is 5.83. The Morgan fingerprint density at radius 1 is 0.794 bits per heavy atom. The Kier molecular flexibility index (Phi) is 6.92. The van der Waals surface area contributed by atoms with Gasteiger partial charge in [0.15, 0.2) is 11.6 Å². The predicted molar refractivity (Wildman–Crippen MR) is 122 cm³/mol. The fourth-order valence-corrected chi connectivity index (χ4v) is 4.24. The molecule has 0 amide bonds. The first-order valence-electron chi connectivity index (χ1n) is 11.3. The molecule has 34 heavy (non-hydrogen) atoms. The highest BCUT2D eigenvalue weighted by Gasteiger charge is 2.34. The van der Waals surface area contributed by atoms with E-state index in [1.54, 1.807) is 0 Å². The molecule has 0 spiro atoms. The minimum absolute atomic E-state index is 0.0824. The minimum atomic E-state index is -5.19. The lowest BCUT2D eigenvalue weighted by Gasteiger charge is -2.10. The topological polar surface area (TPSA) is 9.23 Å². The van der Waals surface area contributed by atoms with Crippen LogP contribution in [0.5, 0.6) is 5.75 Å². The number of aryl methyl sites for hydroxylation is 1. The number of alkyl halides is 3. The minimum Gasteiger partial charge on any atom is -0.399 e. The summed E-state index contributed by atoms with van der Waals surface area (Å²) in [6, 6.07) is 13.8. The Bertz CT molecular complexity index is 1240. The molecule has 4 rings (SSSR count). The van der Waals surface area contributed by atoms with E-state index in [0.29, 0.717) is 5.56 Å². The van der Waals surface area contributed by atoms with E-state index in [1.807, 2.05) is 18.2 Å². The van der Waals surface area contributed by atoms with Crippen LogP contribution in [0.25, 0.3) is 11.1 Å². The number of ether oxygens (including phenoxy) is 1. The highest BCUT2D eigenvalue weighted by molar-refractivity contribution is 5.77. The molecule has 176 valence electrons. The van der Waals surface area contributed by atoms with Gasteiger partial charge in [-0.1, -0.05) is 62.3 Å². The summed E-state index contributed by atoms with van der Waals surface area (Å²) in [5, 5.41) is 0. The van der Waals surface area contributed by atoms with Gasteiger partial charge >= 0.3 is 6.36 Å². The molecule has 0 unspecified atom stereocenters. The average molecular weight is 470 g/mol. The quantitative estimate of drug-likeness (QED) is 0.158. The lowest BCUT2D eigenvalue weighted by molar-refractivity contribution is -0.276. The molecule has 0 saturated heterocycles. The zero-order valence-electron chi connectivity index (χ0n) is 18.7. The first-order chi connectivity index (χ1) is 16.2. The molecule has 1 aliphatic rings. The van der Waals surface area contributed by atoms with Crippen LogP contribution in [0.2, 0.25) is 0 Å². The Balaban J connectivity index is 1.50. The summed E-state index contributed by atoms with van der Waals surface area (Å²) in [5.41, 5.74) is 6.65. The van der Waals surface area contributed by atoms with Crippen molar-refractivity contribution < 1.29 is 26.7 Å². The molecule has 0 N–H and O–H groups in total. The van der Waals surface area contributed by atoms with Crippen LogP contribution in [-0.2, 0) is 12.8 Å². The van der Waals surface area contributed by atoms with Gasteiger partial charge in [0, 0.05) is 11.1 Å². The summed E-state index contributed by atoms with van der Waals surface area (Å²) in [6.07, 6.45) is 1.56. The van der Waals surface area contributed by atoms with Gasteiger partial charge in [-0.05, 0) is 71.3 Å². The van der Waals surface area contributed by atoms with Crippen molar-refractivity contribution in [1.29, 1.82) is 0 Å². The van der Waals surface area contributed by atoms with Gasteiger partial charge in [0.2, 0.25) is 5.75 Å². The monoisotopic (exact) mass is 470 g/mol. The van der Waals surface area contributed by atoms with Gasteiger partial charge < -0.3 is 4.74 Å². The van der Waals surface area contributed by atoms with Crippen LogP contribution >= 0.6 is 0 Å². The van der Waals surface area contributed by atoms with E-state index in [2.05, 4.69) is 41.7 Å². The van der Waals surface area contributed by atoms with Gasteiger partial charge in [0.25, 0.3) is 0 Å².